The summed E-state index contributed by atoms with van der Waals surface area (Å²) in [6, 6.07) is 0. The summed E-state index contributed by atoms with van der Waals surface area (Å²) < 4.78 is 4.64. The zero-order valence-corrected chi connectivity index (χ0v) is 5.68. The Labute approximate surface area is 54.2 Å². The third kappa shape index (κ3) is 2.43. The fourth-order valence-electron chi connectivity index (χ4n) is 0.371. The van der Waals surface area contributed by atoms with Crippen molar-refractivity contribution >= 4 is 5.91 Å². The Hall–Kier alpha value is -0.610. The van der Waals surface area contributed by atoms with Crippen LogP contribution in [0.4, 0.5) is 0 Å². The number of nitrogens with two attached hydrogens (primary N) is 2. The van der Waals surface area contributed by atoms with Crippen LogP contribution in [0.25, 0.3) is 0 Å². The minimum atomic E-state index is -1.03. The van der Waals surface area contributed by atoms with E-state index in [9.17, 15) is 4.79 Å². The van der Waals surface area contributed by atoms with Crippen LogP contribution in [0.5, 0.6) is 0 Å². The summed E-state index contributed by atoms with van der Waals surface area (Å²) in [5, 5.41) is 0. The number of primary amides is 1. The third-order valence-corrected chi connectivity index (χ3v) is 1.01. The molecular weight excluding hydrogens is 120 g/mol. The van der Waals surface area contributed by atoms with Crippen LogP contribution in [0.3, 0.4) is 0 Å². The minimum absolute atomic E-state index is 0.155. The van der Waals surface area contributed by atoms with Crippen molar-refractivity contribution in [1.29, 1.82) is 0 Å². The summed E-state index contributed by atoms with van der Waals surface area (Å²) in [4.78, 5) is 10.4. The predicted molar refractivity (Wildman–Crippen MR) is 33.7 cm³/mol. The second kappa shape index (κ2) is 2.80. The van der Waals surface area contributed by atoms with Gasteiger partial charge in [-0.15, -0.1) is 0 Å². The first kappa shape index (κ1) is 8.39. The van der Waals surface area contributed by atoms with Crippen LogP contribution in [0, 0.1) is 0 Å². The van der Waals surface area contributed by atoms with Gasteiger partial charge in [-0.3, -0.25) is 4.79 Å². The molecule has 4 heteroatoms. The van der Waals surface area contributed by atoms with Crippen LogP contribution in [-0.4, -0.2) is 25.2 Å². The molecule has 4 nitrogen and oxygen atoms in total. The van der Waals surface area contributed by atoms with Gasteiger partial charge in [-0.05, 0) is 6.92 Å². The first-order valence-corrected chi connectivity index (χ1v) is 2.58. The van der Waals surface area contributed by atoms with Gasteiger partial charge in [-0.25, -0.2) is 0 Å². The normalized spacial score (nSPS) is 16.8. The van der Waals surface area contributed by atoms with Gasteiger partial charge in [0.1, 0.15) is 5.54 Å². The summed E-state index contributed by atoms with van der Waals surface area (Å²) in [6.07, 6.45) is 0. The number of hydrogen-bond acceptors (Lipinski definition) is 3. The number of carbonyl (C=O) groups excluding carboxylic acids is 1. The Kier molecular flexibility index (Phi) is 2.61. The van der Waals surface area contributed by atoms with Crippen LogP contribution >= 0.6 is 0 Å². The van der Waals surface area contributed by atoms with Gasteiger partial charge >= 0.3 is 0 Å². The van der Waals surface area contributed by atoms with Gasteiger partial charge in [0, 0.05) is 7.11 Å². The Morgan fingerprint density at radius 2 is 2.22 bits per heavy atom. The molecule has 0 aliphatic heterocycles. The number of ether oxygens (including phenoxy) is 1. The SMILES string of the molecule is COCC(C)(N)C(N)=O. The Morgan fingerprint density at radius 1 is 1.78 bits per heavy atom. The van der Waals surface area contributed by atoms with Gasteiger partial charge in [0.25, 0.3) is 0 Å². The Bertz CT molecular complexity index is 112. The summed E-state index contributed by atoms with van der Waals surface area (Å²) in [5.41, 5.74) is 9.25. The van der Waals surface area contributed by atoms with Crippen LogP contribution in [0.2, 0.25) is 0 Å². The van der Waals surface area contributed by atoms with Crippen molar-refractivity contribution in [2.45, 2.75) is 12.5 Å². The molecule has 0 heterocycles. The lowest BCUT2D eigenvalue weighted by molar-refractivity contribution is -0.124. The zero-order chi connectivity index (χ0) is 7.49. The topological polar surface area (TPSA) is 78.3 Å². The summed E-state index contributed by atoms with van der Waals surface area (Å²) in [5.74, 6) is -0.552. The second-order valence-corrected chi connectivity index (χ2v) is 2.21. The van der Waals surface area contributed by atoms with E-state index < -0.39 is 11.4 Å². The lowest BCUT2D eigenvalue weighted by Gasteiger charge is -2.18. The van der Waals surface area contributed by atoms with E-state index in [-0.39, 0.29) is 6.61 Å². The third-order valence-electron chi connectivity index (χ3n) is 1.01. The first-order chi connectivity index (χ1) is 4.00. The molecule has 4 N–H and O–H groups in total. The zero-order valence-electron chi connectivity index (χ0n) is 5.68. The monoisotopic (exact) mass is 132 g/mol. The molecule has 1 atom stereocenters. The van der Waals surface area contributed by atoms with Crippen molar-refractivity contribution in [2.24, 2.45) is 11.5 Å². The molecule has 0 bridgehead atoms. The number of rotatable bonds is 3. The highest BCUT2D eigenvalue weighted by molar-refractivity contribution is 5.83. The van der Waals surface area contributed by atoms with E-state index in [0.717, 1.165) is 0 Å². The number of hydrogen-bond donors (Lipinski definition) is 2. The van der Waals surface area contributed by atoms with Crippen molar-refractivity contribution in [1.82, 2.24) is 0 Å². The van der Waals surface area contributed by atoms with Crippen molar-refractivity contribution in [3.63, 3.8) is 0 Å². The molecule has 0 spiro atoms. The number of methoxy groups -OCH3 is 1. The summed E-state index contributed by atoms with van der Waals surface area (Å²) >= 11 is 0. The molecule has 1 amide bonds. The van der Waals surface area contributed by atoms with Crippen molar-refractivity contribution < 1.29 is 9.53 Å². The van der Waals surface area contributed by atoms with Crippen molar-refractivity contribution in [2.75, 3.05) is 13.7 Å². The highest BCUT2D eigenvalue weighted by Crippen LogP contribution is 1.95. The molecule has 0 aliphatic carbocycles. The van der Waals surface area contributed by atoms with Crippen LogP contribution in [-0.2, 0) is 9.53 Å². The number of amides is 1. The highest BCUT2D eigenvalue weighted by atomic mass is 16.5. The predicted octanol–water partition coefficient (Wildman–Crippen LogP) is -1.16. The first-order valence-electron chi connectivity index (χ1n) is 2.58. The maximum absolute atomic E-state index is 10.4. The fraction of sp³-hybridized carbons (Fsp3) is 0.800. The molecule has 0 saturated carbocycles. The molecule has 0 aliphatic rings. The lowest BCUT2D eigenvalue weighted by atomic mass is 10.1. The molecule has 0 saturated heterocycles. The Morgan fingerprint density at radius 3 is 2.33 bits per heavy atom. The smallest absolute Gasteiger partial charge is 0.239 e. The summed E-state index contributed by atoms with van der Waals surface area (Å²) in [6.45, 7) is 1.68. The van der Waals surface area contributed by atoms with Crippen LogP contribution in [0.1, 0.15) is 6.92 Å². The maximum Gasteiger partial charge on any atom is 0.239 e. The summed E-state index contributed by atoms with van der Waals surface area (Å²) in [7, 11) is 1.47. The second-order valence-electron chi connectivity index (χ2n) is 2.21. The molecule has 1 unspecified atom stereocenters. The lowest BCUT2D eigenvalue weighted by Crippen LogP contribution is -2.52. The molecule has 0 aromatic heterocycles. The quantitative estimate of drug-likeness (QED) is 0.508. The van der Waals surface area contributed by atoms with E-state index in [2.05, 4.69) is 4.74 Å². The maximum atomic E-state index is 10.4. The van der Waals surface area contributed by atoms with Gasteiger partial charge in [-0.1, -0.05) is 0 Å². The van der Waals surface area contributed by atoms with E-state index in [0.29, 0.717) is 0 Å². The molecule has 0 fully saturated rings. The molecule has 54 valence electrons. The van der Waals surface area contributed by atoms with Crippen molar-refractivity contribution in [3.05, 3.63) is 0 Å². The molecule has 0 rings (SSSR count). The van der Waals surface area contributed by atoms with E-state index in [4.69, 9.17) is 11.5 Å². The molecule has 0 radical (unpaired) electrons. The van der Waals surface area contributed by atoms with Crippen LogP contribution < -0.4 is 11.5 Å². The number of carbonyl (C=O) groups is 1. The molecule has 0 aromatic carbocycles. The standard InChI is InChI=1S/C5H12N2O2/c1-5(7,3-9-2)4(6)8/h3,7H2,1-2H3,(H2,6,8). The van der Waals surface area contributed by atoms with E-state index >= 15 is 0 Å². The molecule has 9 heavy (non-hydrogen) atoms. The average Bonchev–Trinajstić information content (AvgIpc) is 1.65. The highest BCUT2D eigenvalue weighted by Gasteiger charge is 2.24. The largest absolute Gasteiger partial charge is 0.382 e. The van der Waals surface area contributed by atoms with E-state index in [1.807, 2.05) is 0 Å². The molecular formula is C5H12N2O2. The van der Waals surface area contributed by atoms with Gasteiger partial charge in [0.05, 0.1) is 6.61 Å². The van der Waals surface area contributed by atoms with E-state index in [1.165, 1.54) is 14.0 Å². The fourth-order valence-corrected chi connectivity index (χ4v) is 0.371. The van der Waals surface area contributed by atoms with Crippen LogP contribution in [0.15, 0.2) is 0 Å². The Balaban J connectivity index is 3.85. The van der Waals surface area contributed by atoms with Crippen molar-refractivity contribution in [3.8, 4) is 0 Å². The minimum Gasteiger partial charge on any atom is -0.382 e. The van der Waals surface area contributed by atoms with Gasteiger partial charge in [0.15, 0.2) is 0 Å². The van der Waals surface area contributed by atoms with Gasteiger partial charge < -0.3 is 16.2 Å². The van der Waals surface area contributed by atoms with Gasteiger partial charge in [-0.2, -0.15) is 0 Å². The van der Waals surface area contributed by atoms with E-state index in [1.54, 1.807) is 0 Å². The van der Waals surface area contributed by atoms with Gasteiger partial charge in [0.2, 0.25) is 5.91 Å². The molecule has 0 aromatic rings. The average molecular weight is 132 g/mol.